The molecule has 1 atom stereocenters. The van der Waals surface area contributed by atoms with E-state index in [1.807, 2.05) is 24.3 Å². The van der Waals surface area contributed by atoms with E-state index in [0.29, 0.717) is 22.9 Å². The number of carbonyl (C=O) groups excluding carboxylic acids is 2. The molecule has 1 unspecified atom stereocenters. The summed E-state index contributed by atoms with van der Waals surface area (Å²) in [6.07, 6.45) is 4.11. The Morgan fingerprint density at radius 2 is 1.67 bits per heavy atom. The molecule has 0 aliphatic rings. The van der Waals surface area contributed by atoms with E-state index in [1.54, 1.807) is 48.8 Å². The summed E-state index contributed by atoms with van der Waals surface area (Å²) in [5.74, 6) is 0.558. The molecular weight excluding hydrogens is 378 g/mol. The lowest BCUT2D eigenvalue weighted by molar-refractivity contribution is -0.118. The Morgan fingerprint density at radius 1 is 0.967 bits per heavy atom. The maximum absolute atomic E-state index is 12.4. The summed E-state index contributed by atoms with van der Waals surface area (Å²) in [7, 11) is 0. The molecule has 1 aromatic heterocycles. The number of nitrogens with zero attached hydrogens (tertiary/aromatic N) is 1. The fraction of sp³-hybridized carbons (Fsp3) is 0.208. The molecule has 3 aromatic rings. The highest BCUT2D eigenvalue weighted by atomic mass is 16.5. The fourth-order valence-electron chi connectivity index (χ4n) is 2.96. The number of nitrogens with one attached hydrogen (secondary N) is 2. The zero-order valence-corrected chi connectivity index (χ0v) is 17.1. The largest absolute Gasteiger partial charge is 0.483 e. The van der Waals surface area contributed by atoms with Crippen LogP contribution in [0.2, 0.25) is 0 Å². The predicted octanol–water partition coefficient (Wildman–Crippen LogP) is 4.86. The minimum absolute atomic E-state index is 0.0962. The van der Waals surface area contributed by atoms with E-state index < -0.39 is 0 Å². The van der Waals surface area contributed by atoms with Gasteiger partial charge in [-0.25, -0.2) is 0 Å². The summed E-state index contributed by atoms with van der Waals surface area (Å²) in [6, 6.07) is 18.0. The van der Waals surface area contributed by atoms with Crippen LogP contribution in [0.15, 0.2) is 73.1 Å². The monoisotopic (exact) mass is 403 g/mol. The van der Waals surface area contributed by atoms with Crippen LogP contribution in [0, 0.1) is 0 Å². The van der Waals surface area contributed by atoms with Crippen LogP contribution >= 0.6 is 0 Å². The normalized spacial score (nSPS) is 11.4. The van der Waals surface area contributed by atoms with Gasteiger partial charge in [0.05, 0.1) is 0 Å². The van der Waals surface area contributed by atoms with Crippen molar-refractivity contribution in [3.05, 3.63) is 84.2 Å². The molecular formula is C24H25N3O3. The van der Waals surface area contributed by atoms with Crippen molar-refractivity contribution in [3.8, 4) is 5.75 Å². The molecule has 0 radical (unpaired) electrons. The van der Waals surface area contributed by atoms with E-state index >= 15 is 0 Å². The van der Waals surface area contributed by atoms with Gasteiger partial charge >= 0.3 is 0 Å². The first-order valence-electron chi connectivity index (χ1n) is 9.90. The summed E-state index contributed by atoms with van der Waals surface area (Å²) in [5.41, 5.74) is 2.76. The summed E-state index contributed by atoms with van der Waals surface area (Å²) in [6.45, 7) is 4.16. The van der Waals surface area contributed by atoms with Gasteiger partial charge in [-0.05, 0) is 54.3 Å². The van der Waals surface area contributed by atoms with Gasteiger partial charge in [-0.1, -0.05) is 38.1 Å². The molecule has 0 spiro atoms. The van der Waals surface area contributed by atoms with Gasteiger partial charge in [0.15, 0.2) is 6.61 Å². The third-order valence-electron chi connectivity index (χ3n) is 4.77. The number of carbonyl (C=O) groups is 2. The van der Waals surface area contributed by atoms with Crippen molar-refractivity contribution in [1.29, 1.82) is 0 Å². The second kappa shape index (κ2) is 10.2. The molecule has 2 amide bonds. The Morgan fingerprint density at radius 3 is 2.40 bits per heavy atom. The second-order valence-electron chi connectivity index (χ2n) is 6.95. The average Bonchev–Trinajstić information content (AvgIpc) is 2.78. The first-order valence-corrected chi connectivity index (χ1v) is 9.90. The van der Waals surface area contributed by atoms with Crippen molar-refractivity contribution in [2.75, 3.05) is 17.2 Å². The second-order valence-corrected chi connectivity index (χ2v) is 6.95. The van der Waals surface area contributed by atoms with Gasteiger partial charge < -0.3 is 15.4 Å². The van der Waals surface area contributed by atoms with Crippen molar-refractivity contribution < 1.29 is 14.3 Å². The van der Waals surface area contributed by atoms with Gasteiger partial charge in [0, 0.05) is 29.3 Å². The Kier molecular flexibility index (Phi) is 7.16. The molecule has 0 saturated carbocycles. The Hall–Kier alpha value is -3.67. The fourth-order valence-corrected chi connectivity index (χ4v) is 2.96. The number of hydrogen-bond donors (Lipinski definition) is 2. The highest BCUT2D eigenvalue weighted by molar-refractivity contribution is 6.04. The number of rotatable bonds is 8. The molecule has 30 heavy (non-hydrogen) atoms. The van der Waals surface area contributed by atoms with Crippen LogP contribution in [0.25, 0.3) is 0 Å². The third kappa shape index (κ3) is 5.67. The van der Waals surface area contributed by atoms with Crippen LogP contribution in [0.3, 0.4) is 0 Å². The minimum atomic E-state index is -0.272. The van der Waals surface area contributed by atoms with Crippen molar-refractivity contribution >= 4 is 23.2 Å². The lowest BCUT2D eigenvalue weighted by Gasteiger charge is -2.15. The molecule has 0 aliphatic carbocycles. The number of ether oxygens (including phenoxy) is 1. The van der Waals surface area contributed by atoms with Crippen LogP contribution in [0.5, 0.6) is 5.75 Å². The quantitative estimate of drug-likeness (QED) is 0.563. The van der Waals surface area contributed by atoms with Gasteiger partial charge in [0.25, 0.3) is 11.8 Å². The number of pyridine rings is 1. The Balaban J connectivity index is 1.59. The third-order valence-corrected chi connectivity index (χ3v) is 4.77. The topological polar surface area (TPSA) is 80.3 Å². The number of para-hydroxylation sites is 1. The number of aromatic nitrogens is 1. The number of anilines is 2. The van der Waals surface area contributed by atoms with E-state index in [4.69, 9.17) is 4.74 Å². The van der Waals surface area contributed by atoms with E-state index in [0.717, 1.165) is 17.7 Å². The first kappa shape index (κ1) is 21.0. The Bertz CT molecular complexity index is 1010. The average molecular weight is 403 g/mol. The van der Waals surface area contributed by atoms with E-state index in [9.17, 15) is 9.59 Å². The maximum atomic E-state index is 12.4. The number of amides is 2. The summed E-state index contributed by atoms with van der Waals surface area (Å²) < 4.78 is 5.76. The molecule has 2 aromatic carbocycles. The molecule has 0 fully saturated rings. The van der Waals surface area contributed by atoms with Gasteiger partial charge in [0.2, 0.25) is 0 Å². The molecule has 0 aliphatic heterocycles. The van der Waals surface area contributed by atoms with Crippen LogP contribution in [-0.2, 0) is 4.79 Å². The van der Waals surface area contributed by atoms with E-state index in [1.165, 1.54) is 0 Å². The van der Waals surface area contributed by atoms with E-state index in [2.05, 4.69) is 29.5 Å². The van der Waals surface area contributed by atoms with Crippen molar-refractivity contribution in [2.24, 2.45) is 0 Å². The number of hydrogen-bond acceptors (Lipinski definition) is 4. The van der Waals surface area contributed by atoms with Gasteiger partial charge in [-0.2, -0.15) is 0 Å². The lowest BCUT2D eigenvalue weighted by Crippen LogP contribution is -2.21. The summed E-state index contributed by atoms with van der Waals surface area (Å²) in [5, 5.41) is 5.61. The van der Waals surface area contributed by atoms with Crippen LogP contribution in [0.1, 0.15) is 42.1 Å². The van der Waals surface area contributed by atoms with Crippen LogP contribution in [-0.4, -0.2) is 23.4 Å². The molecule has 3 rings (SSSR count). The zero-order valence-electron chi connectivity index (χ0n) is 17.1. The van der Waals surface area contributed by atoms with Gasteiger partial charge in [-0.3, -0.25) is 14.6 Å². The SMILES string of the molecule is CCC(C)c1ccccc1OCC(=O)Nc1cccc(NC(=O)c2ccncc2)c1. The van der Waals surface area contributed by atoms with Crippen molar-refractivity contribution in [3.63, 3.8) is 0 Å². The van der Waals surface area contributed by atoms with Crippen molar-refractivity contribution in [2.45, 2.75) is 26.2 Å². The number of benzene rings is 2. The zero-order chi connectivity index (χ0) is 21.3. The molecule has 1 heterocycles. The predicted molar refractivity (Wildman–Crippen MR) is 118 cm³/mol. The van der Waals surface area contributed by atoms with E-state index in [-0.39, 0.29) is 18.4 Å². The molecule has 6 nitrogen and oxygen atoms in total. The standard InChI is InChI=1S/C24H25N3O3/c1-3-17(2)21-9-4-5-10-22(21)30-16-23(28)26-19-7-6-8-20(15-19)27-24(29)18-11-13-25-14-12-18/h4-15,17H,3,16H2,1-2H3,(H,26,28)(H,27,29). The minimum Gasteiger partial charge on any atom is -0.483 e. The lowest BCUT2D eigenvalue weighted by atomic mass is 9.98. The van der Waals surface area contributed by atoms with Crippen molar-refractivity contribution in [1.82, 2.24) is 4.98 Å². The smallest absolute Gasteiger partial charge is 0.262 e. The summed E-state index contributed by atoms with van der Waals surface area (Å²) >= 11 is 0. The molecule has 154 valence electrons. The summed E-state index contributed by atoms with van der Waals surface area (Å²) in [4.78, 5) is 28.5. The maximum Gasteiger partial charge on any atom is 0.262 e. The van der Waals surface area contributed by atoms with Crippen LogP contribution < -0.4 is 15.4 Å². The highest BCUT2D eigenvalue weighted by Crippen LogP contribution is 2.28. The van der Waals surface area contributed by atoms with Gasteiger partial charge in [-0.15, -0.1) is 0 Å². The van der Waals surface area contributed by atoms with Gasteiger partial charge in [0.1, 0.15) is 5.75 Å². The van der Waals surface area contributed by atoms with Crippen LogP contribution in [0.4, 0.5) is 11.4 Å². The molecule has 0 saturated heterocycles. The molecule has 0 bridgehead atoms. The Labute approximate surface area is 176 Å². The molecule has 2 N–H and O–H groups in total. The first-order chi connectivity index (χ1) is 14.6. The highest BCUT2D eigenvalue weighted by Gasteiger charge is 2.12. The molecule has 6 heteroatoms.